The second-order valence-electron chi connectivity index (χ2n) is 6.52. The van der Waals surface area contributed by atoms with E-state index in [1.54, 1.807) is 6.20 Å². The van der Waals surface area contributed by atoms with Gasteiger partial charge >= 0.3 is 0 Å². The van der Waals surface area contributed by atoms with Crippen LogP contribution in [-0.2, 0) is 11.8 Å². The molecular weight excluding hydrogens is 290 g/mol. The van der Waals surface area contributed by atoms with E-state index in [1.807, 2.05) is 49.9 Å². The highest BCUT2D eigenvalue weighted by molar-refractivity contribution is 5.84. The molecule has 3 heterocycles. The van der Waals surface area contributed by atoms with Gasteiger partial charge in [0.1, 0.15) is 0 Å². The van der Waals surface area contributed by atoms with Gasteiger partial charge < -0.3 is 9.47 Å². The number of aryl methyl sites for hydroxylation is 2. The van der Waals surface area contributed by atoms with Gasteiger partial charge in [0.2, 0.25) is 5.91 Å². The molecular formula is C17H25N5O. The van der Waals surface area contributed by atoms with Gasteiger partial charge in [0.05, 0.1) is 24.0 Å². The number of amides is 1. The summed E-state index contributed by atoms with van der Waals surface area (Å²) in [6.45, 7) is 7.62. The molecule has 0 unspecified atom stereocenters. The number of aromatic nitrogens is 4. The van der Waals surface area contributed by atoms with Gasteiger partial charge in [-0.2, -0.15) is 5.10 Å². The second kappa shape index (κ2) is 6.18. The van der Waals surface area contributed by atoms with E-state index in [4.69, 9.17) is 0 Å². The van der Waals surface area contributed by atoms with Crippen molar-refractivity contribution in [1.82, 2.24) is 24.2 Å². The molecule has 6 heteroatoms. The maximum absolute atomic E-state index is 13.0. The Bertz CT molecular complexity index is 688. The molecule has 6 nitrogen and oxygen atoms in total. The first-order valence-corrected chi connectivity index (χ1v) is 8.25. The standard InChI is InChI=1S/C17H25N5O/c1-12(16-13(2)19-20(4)14(16)3)17(23)21-8-5-6-15(10-21)22-9-7-18-11-22/h7,9,11-12,15H,5-6,8,10H2,1-4H3/t12-,15-/m1/s1. The third-order valence-corrected chi connectivity index (χ3v) is 5.02. The highest BCUT2D eigenvalue weighted by Gasteiger charge is 2.30. The third-order valence-electron chi connectivity index (χ3n) is 5.02. The zero-order valence-electron chi connectivity index (χ0n) is 14.4. The molecule has 1 aliphatic rings. The topological polar surface area (TPSA) is 56.0 Å². The van der Waals surface area contributed by atoms with Gasteiger partial charge in [-0.3, -0.25) is 9.48 Å². The van der Waals surface area contributed by atoms with Gasteiger partial charge in [-0.1, -0.05) is 0 Å². The highest BCUT2D eigenvalue weighted by Crippen LogP contribution is 2.28. The van der Waals surface area contributed by atoms with Crippen molar-refractivity contribution >= 4 is 5.91 Å². The van der Waals surface area contributed by atoms with Crippen LogP contribution < -0.4 is 0 Å². The Kier molecular flexibility index (Phi) is 4.24. The number of nitrogens with zero attached hydrogens (tertiary/aromatic N) is 5. The first-order chi connectivity index (χ1) is 11.0. The number of carbonyl (C=O) groups excluding carboxylic acids is 1. The summed E-state index contributed by atoms with van der Waals surface area (Å²) in [5, 5.41) is 4.45. The Morgan fingerprint density at radius 1 is 1.39 bits per heavy atom. The Morgan fingerprint density at radius 3 is 2.78 bits per heavy atom. The molecule has 1 fully saturated rings. The maximum atomic E-state index is 13.0. The summed E-state index contributed by atoms with van der Waals surface area (Å²) in [7, 11) is 1.93. The molecule has 3 rings (SSSR count). The molecule has 0 aliphatic carbocycles. The number of hydrogen-bond donors (Lipinski definition) is 0. The lowest BCUT2D eigenvalue weighted by Gasteiger charge is -2.35. The van der Waals surface area contributed by atoms with Crippen molar-refractivity contribution in [3.05, 3.63) is 35.7 Å². The molecule has 1 aliphatic heterocycles. The van der Waals surface area contributed by atoms with E-state index in [1.165, 1.54) is 0 Å². The molecule has 0 spiro atoms. The molecule has 124 valence electrons. The smallest absolute Gasteiger partial charge is 0.230 e. The van der Waals surface area contributed by atoms with Crippen molar-refractivity contribution in [2.45, 2.75) is 45.6 Å². The van der Waals surface area contributed by atoms with Crippen molar-refractivity contribution in [2.24, 2.45) is 7.05 Å². The van der Waals surface area contributed by atoms with Crippen LogP contribution in [0.3, 0.4) is 0 Å². The van der Waals surface area contributed by atoms with E-state index < -0.39 is 0 Å². The Labute approximate surface area is 137 Å². The number of piperidine rings is 1. The van der Waals surface area contributed by atoms with Crippen molar-refractivity contribution in [3.8, 4) is 0 Å². The van der Waals surface area contributed by atoms with Gasteiger partial charge in [0.15, 0.2) is 0 Å². The number of hydrogen-bond acceptors (Lipinski definition) is 3. The first-order valence-electron chi connectivity index (χ1n) is 8.25. The minimum atomic E-state index is -0.148. The molecule has 0 aromatic carbocycles. The minimum Gasteiger partial charge on any atom is -0.340 e. The van der Waals surface area contributed by atoms with Crippen LogP contribution in [0.2, 0.25) is 0 Å². The summed E-state index contributed by atoms with van der Waals surface area (Å²) in [6, 6.07) is 0.332. The van der Waals surface area contributed by atoms with E-state index in [0.717, 1.165) is 42.9 Å². The average molecular weight is 315 g/mol. The Balaban J connectivity index is 1.77. The zero-order chi connectivity index (χ0) is 16.6. The summed E-state index contributed by atoms with van der Waals surface area (Å²) in [4.78, 5) is 19.1. The van der Waals surface area contributed by atoms with Crippen molar-refractivity contribution < 1.29 is 4.79 Å². The van der Waals surface area contributed by atoms with Crippen molar-refractivity contribution in [2.75, 3.05) is 13.1 Å². The SMILES string of the molecule is Cc1nn(C)c(C)c1[C@@H](C)C(=O)N1CCC[C@@H](n2ccnc2)C1. The van der Waals surface area contributed by atoms with Gasteiger partial charge in [0.25, 0.3) is 0 Å². The van der Waals surface area contributed by atoms with Crippen LogP contribution in [0.1, 0.15) is 48.7 Å². The zero-order valence-corrected chi connectivity index (χ0v) is 14.4. The highest BCUT2D eigenvalue weighted by atomic mass is 16.2. The molecule has 2 aromatic rings. The summed E-state index contributed by atoms with van der Waals surface area (Å²) in [5.74, 6) is 0.0549. The minimum absolute atomic E-state index is 0.148. The lowest BCUT2D eigenvalue weighted by Crippen LogP contribution is -2.42. The Hall–Kier alpha value is -2.11. The monoisotopic (exact) mass is 315 g/mol. The fourth-order valence-electron chi connectivity index (χ4n) is 3.70. The summed E-state index contributed by atoms with van der Waals surface area (Å²) < 4.78 is 3.98. The molecule has 2 aromatic heterocycles. The third kappa shape index (κ3) is 2.90. The van der Waals surface area contributed by atoms with Gasteiger partial charge in [-0.15, -0.1) is 0 Å². The molecule has 1 saturated heterocycles. The first kappa shape index (κ1) is 15.8. The van der Waals surface area contributed by atoms with Crippen LogP contribution in [-0.4, -0.2) is 43.2 Å². The molecule has 0 saturated carbocycles. The van der Waals surface area contributed by atoms with E-state index in [-0.39, 0.29) is 11.8 Å². The summed E-state index contributed by atoms with van der Waals surface area (Å²) in [6.07, 6.45) is 7.76. The Morgan fingerprint density at radius 2 is 2.17 bits per heavy atom. The number of carbonyl (C=O) groups is 1. The quantitative estimate of drug-likeness (QED) is 0.872. The summed E-state index contributed by atoms with van der Waals surface area (Å²) in [5.41, 5.74) is 3.10. The second-order valence-corrected chi connectivity index (χ2v) is 6.52. The number of rotatable bonds is 3. The number of imidazole rings is 1. The molecule has 1 amide bonds. The average Bonchev–Trinajstić information content (AvgIpc) is 3.16. The van der Waals surface area contributed by atoms with Crippen LogP contribution in [0, 0.1) is 13.8 Å². The molecule has 23 heavy (non-hydrogen) atoms. The maximum Gasteiger partial charge on any atom is 0.230 e. The van der Waals surface area contributed by atoms with Crippen LogP contribution in [0.25, 0.3) is 0 Å². The van der Waals surface area contributed by atoms with E-state index in [2.05, 4.69) is 14.6 Å². The van der Waals surface area contributed by atoms with Gasteiger partial charge in [0, 0.05) is 43.8 Å². The molecule has 0 bridgehead atoms. The van der Waals surface area contributed by atoms with Crippen LogP contribution in [0.15, 0.2) is 18.7 Å². The van der Waals surface area contributed by atoms with E-state index in [9.17, 15) is 4.79 Å². The van der Waals surface area contributed by atoms with Crippen LogP contribution in [0.4, 0.5) is 0 Å². The van der Waals surface area contributed by atoms with Crippen LogP contribution in [0.5, 0.6) is 0 Å². The molecule has 0 N–H and O–H groups in total. The lowest BCUT2D eigenvalue weighted by atomic mass is 9.96. The fraction of sp³-hybridized carbons (Fsp3) is 0.588. The fourth-order valence-corrected chi connectivity index (χ4v) is 3.70. The van der Waals surface area contributed by atoms with Crippen molar-refractivity contribution in [1.29, 1.82) is 0 Å². The van der Waals surface area contributed by atoms with Gasteiger partial charge in [-0.25, -0.2) is 4.98 Å². The van der Waals surface area contributed by atoms with E-state index in [0.29, 0.717) is 6.04 Å². The predicted molar refractivity (Wildman–Crippen MR) is 88.2 cm³/mol. The van der Waals surface area contributed by atoms with E-state index >= 15 is 0 Å². The lowest BCUT2D eigenvalue weighted by molar-refractivity contribution is -0.134. The largest absolute Gasteiger partial charge is 0.340 e. The predicted octanol–water partition coefficient (Wildman–Crippen LogP) is 2.20. The number of likely N-dealkylation sites (tertiary alicyclic amines) is 1. The van der Waals surface area contributed by atoms with Crippen molar-refractivity contribution in [3.63, 3.8) is 0 Å². The van der Waals surface area contributed by atoms with Crippen LogP contribution >= 0.6 is 0 Å². The molecule has 2 atom stereocenters. The summed E-state index contributed by atoms with van der Waals surface area (Å²) >= 11 is 0. The molecule has 0 radical (unpaired) electrons. The van der Waals surface area contributed by atoms with Gasteiger partial charge in [-0.05, 0) is 33.6 Å². The normalized spacial score (nSPS) is 19.8.